The topological polar surface area (TPSA) is 80.8 Å². The molecule has 7 nitrogen and oxygen atoms in total. The third-order valence-electron chi connectivity index (χ3n) is 3.98. The molecule has 0 spiro atoms. The summed E-state index contributed by atoms with van der Waals surface area (Å²) in [5.41, 5.74) is -0.113. The lowest BCUT2D eigenvalue weighted by Crippen LogP contribution is -2.36. The van der Waals surface area contributed by atoms with Crippen LogP contribution in [0, 0.1) is 0 Å². The maximum Gasteiger partial charge on any atom is 0.410 e. The van der Waals surface area contributed by atoms with Gasteiger partial charge in [0.15, 0.2) is 0 Å². The van der Waals surface area contributed by atoms with Gasteiger partial charge in [0.1, 0.15) is 23.1 Å². The number of nitrogens with zero attached hydrogens (tertiary/aromatic N) is 2. The van der Waals surface area contributed by atoms with Crippen LogP contribution in [0.5, 0.6) is 5.75 Å². The van der Waals surface area contributed by atoms with E-state index in [4.69, 9.17) is 9.47 Å². The predicted octanol–water partition coefficient (Wildman–Crippen LogP) is 2.36. The first-order chi connectivity index (χ1) is 11.8. The van der Waals surface area contributed by atoms with Gasteiger partial charge in [-0.2, -0.15) is 0 Å². The summed E-state index contributed by atoms with van der Waals surface area (Å²) in [7, 11) is 0. The van der Waals surface area contributed by atoms with Crippen LogP contribution in [-0.2, 0) is 4.74 Å². The number of amides is 2. The highest BCUT2D eigenvalue weighted by Crippen LogP contribution is 2.21. The van der Waals surface area contributed by atoms with E-state index in [9.17, 15) is 9.59 Å². The van der Waals surface area contributed by atoms with E-state index >= 15 is 0 Å². The van der Waals surface area contributed by atoms with Crippen molar-refractivity contribution >= 4 is 12.0 Å². The smallest absolute Gasteiger partial charge is 0.410 e. The minimum atomic E-state index is -0.503. The Labute approximate surface area is 147 Å². The van der Waals surface area contributed by atoms with Gasteiger partial charge in [-0.1, -0.05) is 0 Å². The number of hydrogen-bond donors (Lipinski definition) is 1. The summed E-state index contributed by atoms with van der Waals surface area (Å²) < 4.78 is 11.2. The molecule has 2 fully saturated rings. The molecule has 1 N–H and O–H groups in total. The molecule has 1 aliphatic heterocycles. The van der Waals surface area contributed by atoms with Gasteiger partial charge < -0.3 is 19.7 Å². The monoisotopic (exact) mass is 347 g/mol. The molecule has 1 aromatic rings. The van der Waals surface area contributed by atoms with Gasteiger partial charge in [-0.15, -0.1) is 0 Å². The molecule has 1 aromatic heterocycles. The van der Waals surface area contributed by atoms with Gasteiger partial charge in [-0.05, 0) is 45.7 Å². The lowest BCUT2D eigenvalue weighted by atomic mass is 10.2. The van der Waals surface area contributed by atoms with Crippen molar-refractivity contribution in [2.24, 2.45) is 0 Å². The van der Waals surface area contributed by atoms with E-state index in [1.807, 2.05) is 20.8 Å². The summed E-state index contributed by atoms with van der Waals surface area (Å²) in [5.74, 6) is 0.449. The summed E-state index contributed by atoms with van der Waals surface area (Å²) >= 11 is 0. The van der Waals surface area contributed by atoms with Gasteiger partial charge >= 0.3 is 6.09 Å². The SMILES string of the molecule is CC(C)(C)OC(=O)N1CC[C@@H](Oc2ccc(C(=O)NC3CC3)nc2)C1. The minimum Gasteiger partial charge on any atom is -0.487 e. The Morgan fingerprint density at radius 3 is 2.60 bits per heavy atom. The highest BCUT2D eigenvalue weighted by molar-refractivity contribution is 5.92. The molecule has 0 aromatic carbocycles. The first-order valence-electron chi connectivity index (χ1n) is 8.72. The number of hydrogen-bond acceptors (Lipinski definition) is 5. The lowest BCUT2D eigenvalue weighted by molar-refractivity contribution is 0.0275. The number of pyridine rings is 1. The zero-order valence-electron chi connectivity index (χ0n) is 14.9. The van der Waals surface area contributed by atoms with Gasteiger partial charge in [-0.25, -0.2) is 9.78 Å². The van der Waals surface area contributed by atoms with E-state index < -0.39 is 5.60 Å². The fourth-order valence-electron chi connectivity index (χ4n) is 2.58. The zero-order valence-corrected chi connectivity index (χ0v) is 14.9. The van der Waals surface area contributed by atoms with Crippen LogP contribution in [0.3, 0.4) is 0 Å². The molecule has 2 heterocycles. The summed E-state index contributed by atoms with van der Waals surface area (Å²) in [6.45, 7) is 6.64. The maximum atomic E-state index is 12.1. The summed E-state index contributed by atoms with van der Waals surface area (Å²) in [6.07, 6.45) is 3.97. The van der Waals surface area contributed by atoms with Crippen LogP contribution < -0.4 is 10.1 Å². The highest BCUT2D eigenvalue weighted by atomic mass is 16.6. The van der Waals surface area contributed by atoms with Crippen molar-refractivity contribution in [1.29, 1.82) is 0 Å². The quantitative estimate of drug-likeness (QED) is 0.904. The minimum absolute atomic E-state index is 0.0968. The molecular weight excluding hydrogens is 322 g/mol. The molecule has 7 heteroatoms. The van der Waals surface area contributed by atoms with E-state index in [-0.39, 0.29) is 18.1 Å². The van der Waals surface area contributed by atoms with Crippen molar-refractivity contribution in [3.05, 3.63) is 24.0 Å². The van der Waals surface area contributed by atoms with E-state index in [0.717, 1.165) is 19.3 Å². The largest absolute Gasteiger partial charge is 0.487 e. The molecule has 2 aliphatic rings. The molecule has 0 radical (unpaired) electrons. The van der Waals surface area contributed by atoms with Gasteiger partial charge in [0.05, 0.1) is 12.7 Å². The van der Waals surface area contributed by atoms with Crippen LogP contribution in [0.4, 0.5) is 4.79 Å². The molecule has 0 unspecified atom stereocenters. The normalized spacial score (nSPS) is 20.3. The second kappa shape index (κ2) is 6.90. The number of nitrogens with one attached hydrogen (secondary N) is 1. The molecule has 1 saturated heterocycles. The Bertz CT molecular complexity index is 635. The van der Waals surface area contributed by atoms with Crippen molar-refractivity contribution < 1.29 is 19.1 Å². The maximum absolute atomic E-state index is 12.1. The third kappa shape index (κ3) is 5.08. The van der Waals surface area contributed by atoms with Crippen molar-refractivity contribution in [3.63, 3.8) is 0 Å². The number of aromatic nitrogens is 1. The summed E-state index contributed by atoms with van der Waals surface area (Å²) in [5, 5.41) is 2.90. The van der Waals surface area contributed by atoms with Crippen LogP contribution >= 0.6 is 0 Å². The molecule has 1 atom stereocenters. The molecule has 3 rings (SSSR count). The predicted molar refractivity (Wildman–Crippen MR) is 91.6 cm³/mol. The second-order valence-corrected chi connectivity index (χ2v) is 7.58. The Morgan fingerprint density at radius 2 is 2.00 bits per heavy atom. The van der Waals surface area contributed by atoms with E-state index in [2.05, 4.69) is 10.3 Å². The third-order valence-corrected chi connectivity index (χ3v) is 3.98. The van der Waals surface area contributed by atoms with Crippen molar-refractivity contribution in [2.45, 2.75) is 57.8 Å². The Balaban J connectivity index is 1.49. The van der Waals surface area contributed by atoms with E-state index in [1.165, 1.54) is 0 Å². The molecule has 1 saturated carbocycles. The van der Waals surface area contributed by atoms with Crippen molar-refractivity contribution in [2.75, 3.05) is 13.1 Å². The molecular formula is C18H25N3O4. The lowest BCUT2D eigenvalue weighted by Gasteiger charge is -2.24. The average Bonchev–Trinajstić information content (AvgIpc) is 3.21. The first-order valence-corrected chi connectivity index (χ1v) is 8.72. The number of carbonyl (C=O) groups excluding carboxylic acids is 2. The number of carbonyl (C=O) groups is 2. The van der Waals surface area contributed by atoms with Gasteiger partial charge in [0, 0.05) is 19.0 Å². The zero-order chi connectivity index (χ0) is 18.0. The fraction of sp³-hybridized carbons (Fsp3) is 0.611. The van der Waals surface area contributed by atoms with Gasteiger partial charge in [0.2, 0.25) is 0 Å². The van der Waals surface area contributed by atoms with Crippen LogP contribution in [0.25, 0.3) is 0 Å². The van der Waals surface area contributed by atoms with E-state index in [0.29, 0.717) is 30.6 Å². The fourth-order valence-corrected chi connectivity index (χ4v) is 2.58. The van der Waals surface area contributed by atoms with E-state index in [1.54, 1.807) is 23.2 Å². The second-order valence-electron chi connectivity index (χ2n) is 7.58. The number of likely N-dealkylation sites (tertiary alicyclic amines) is 1. The Hall–Kier alpha value is -2.31. The van der Waals surface area contributed by atoms with Crippen molar-refractivity contribution in [3.8, 4) is 5.75 Å². The molecule has 1 aliphatic carbocycles. The average molecular weight is 347 g/mol. The van der Waals surface area contributed by atoms with Crippen LogP contribution in [-0.4, -0.2) is 52.7 Å². The number of ether oxygens (including phenoxy) is 2. The van der Waals surface area contributed by atoms with Crippen LogP contribution in [0.1, 0.15) is 50.5 Å². The standard InChI is InChI=1S/C18H25N3O4/c1-18(2,3)25-17(23)21-9-8-14(11-21)24-13-6-7-15(19-10-13)16(22)20-12-4-5-12/h6-7,10,12,14H,4-5,8-9,11H2,1-3H3,(H,20,22)/t14-/m1/s1. The van der Waals surface area contributed by atoms with Crippen LogP contribution in [0.15, 0.2) is 18.3 Å². The summed E-state index contributed by atoms with van der Waals surface area (Å²) in [4.78, 5) is 29.8. The molecule has 0 bridgehead atoms. The van der Waals surface area contributed by atoms with Crippen molar-refractivity contribution in [1.82, 2.24) is 15.2 Å². The Kier molecular flexibility index (Phi) is 4.83. The number of rotatable bonds is 4. The highest BCUT2D eigenvalue weighted by Gasteiger charge is 2.31. The Morgan fingerprint density at radius 1 is 1.24 bits per heavy atom. The first kappa shape index (κ1) is 17.5. The van der Waals surface area contributed by atoms with Gasteiger partial charge in [0.25, 0.3) is 5.91 Å². The van der Waals surface area contributed by atoms with Gasteiger partial charge in [-0.3, -0.25) is 4.79 Å². The molecule has 136 valence electrons. The van der Waals surface area contributed by atoms with Crippen LogP contribution in [0.2, 0.25) is 0 Å². The summed E-state index contributed by atoms with van der Waals surface area (Å²) in [6, 6.07) is 3.71. The molecule has 2 amide bonds. The molecule has 25 heavy (non-hydrogen) atoms.